The number of aryl methyl sites for hydroxylation is 1. The number of carbonyl (C=O) groups excluding carboxylic acids is 1. The molecule has 0 bridgehead atoms. The van der Waals surface area contributed by atoms with Crippen molar-refractivity contribution in [3.63, 3.8) is 0 Å². The Balaban J connectivity index is 2.07. The molecule has 0 aliphatic heterocycles. The average Bonchev–Trinajstić information content (AvgIpc) is 2.57. The Bertz CT molecular complexity index is 461. The number of nitrogens with two attached hydrogens (primary N) is 1. The van der Waals surface area contributed by atoms with Crippen molar-refractivity contribution in [2.75, 3.05) is 5.32 Å². The highest BCUT2D eigenvalue weighted by atomic mass is 79.9. The van der Waals surface area contributed by atoms with Crippen LogP contribution in [-0.4, -0.2) is 11.9 Å². The molecule has 1 aromatic rings. The number of nitrogens with one attached hydrogen (secondary N) is 1. The zero-order valence-corrected chi connectivity index (χ0v) is 12.9. The monoisotopic (exact) mass is 324 g/mol. The van der Waals surface area contributed by atoms with Gasteiger partial charge >= 0.3 is 0 Å². The van der Waals surface area contributed by atoms with Crippen molar-refractivity contribution in [1.29, 1.82) is 0 Å². The maximum atomic E-state index is 12.4. The van der Waals surface area contributed by atoms with Gasteiger partial charge in [-0.1, -0.05) is 35.2 Å². The molecule has 2 rings (SSSR count). The van der Waals surface area contributed by atoms with Crippen LogP contribution < -0.4 is 11.1 Å². The molecule has 2 atom stereocenters. The quantitative estimate of drug-likeness (QED) is 0.816. The first-order valence-electron chi connectivity index (χ1n) is 6.90. The van der Waals surface area contributed by atoms with Crippen LogP contribution in [0.15, 0.2) is 22.7 Å². The second kappa shape index (κ2) is 6.53. The fraction of sp³-hybridized carbons (Fsp3) is 0.533. The zero-order valence-electron chi connectivity index (χ0n) is 11.3. The number of hydrogen-bond acceptors (Lipinski definition) is 2. The summed E-state index contributed by atoms with van der Waals surface area (Å²) in [5, 5.41) is 3.03. The number of hydrogen-bond donors (Lipinski definition) is 2. The van der Waals surface area contributed by atoms with Crippen LogP contribution in [-0.2, 0) is 4.79 Å². The van der Waals surface area contributed by atoms with E-state index in [-0.39, 0.29) is 17.9 Å². The summed E-state index contributed by atoms with van der Waals surface area (Å²) in [5.41, 5.74) is 8.07. The van der Waals surface area contributed by atoms with Crippen molar-refractivity contribution in [2.45, 2.75) is 45.1 Å². The third-order valence-electron chi connectivity index (χ3n) is 3.85. The molecule has 0 aromatic heterocycles. The minimum Gasteiger partial charge on any atom is -0.327 e. The maximum absolute atomic E-state index is 12.4. The molecule has 0 spiro atoms. The van der Waals surface area contributed by atoms with Crippen molar-refractivity contribution < 1.29 is 4.79 Å². The highest BCUT2D eigenvalue weighted by molar-refractivity contribution is 9.10. The van der Waals surface area contributed by atoms with Gasteiger partial charge in [0.2, 0.25) is 5.91 Å². The summed E-state index contributed by atoms with van der Waals surface area (Å²) in [6.45, 7) is 1.99. The predicted octanol–water partition coefficient (Wildman–Crippen LogP) is 3.60. The van der Waals surface area contributed by atoms with Crippen molar-refractivity contribution in [2.24, 2.45) is 11.7 Å². The summed E-state index contributed by atoms with van der Waals surface area (Å²) >= 11 is 3.43. The van der Waals surface area contributed by atoms with Gasteiger partial charge in [-0.2, -0.15) is 0 Å². The topological polar surface area (TPSA) is 55.1 Å². The lowest BCUT2D eigenvalue weighted by atomic mass is 9.94. The molecule has 3 N–H and O–H groups in total. The van der Waals surface area contributed by atoms with E-state index in [1.807, 2.05) is 25.1 Å². The van der Waals surface area contributed by atoms with Crippen molar-refractivity contribution >= 4 is 27.5 Å². The maximum Gasteiger partial charge on any atom is 0.229 e. The van der Waals surface area contributed by atoms with Crippen LogP contribution in [0.2, 0.25) is 0 Å². The SMILES string of the molecule is Cc1cc(Br)ccc1NC(=O)C1CCCCCC1N. The molecule has 1 fully saturated rings. The van der Waals surface area contributed by atoms with Crippen LogP contribution in [0.5, 0.6) is 0 Å². The normalized spacial score (nSPS) is 23.7. The Kier molecular flexibility index (Phi) is 4.99. The number of benzene rings is 1. The second-order valence-corrected chi connectivity index (χ2v) is 6.27. The molecule has 3 nitrogen and oxygen atoms in total. The van der Waals surface area contributed by atoms with Gasteiger partial charge in [-0.05, 0) is 43.5 Å². The second-order valence-electron chi connectivity index (χ2n) is 5.36. The van der Waals surface area contributed by atoms with Gasteiger partial charge in [0.15, 0.2) is 0 Å². The fourth-order valence-electron chi connectivity index (χ4n) is 2.65. The zero-order chi connectivity index (χ0) is 13.8. The standard InChI is InChI=1S/C15H21BrN2O/c1-10-9-11(16)7-8-14(10)18-15(19)12-5-3-2-4-6-13(12)17/h7-9,12-13H,2-6,17H2,1H3,(H,18,19). The van der Waals surface area contributed by atoms with E-state index >= 15 is 0 Å². The van der Waals surface area contributed by atoms with E-state index in [4.69, 9.17) is 5.73 Å². The molecule has 104 valence electrons. The molecule has 1 saturated carbocycles. The van der Waals surface area contributed by atoms with Gasteiger partial charge in [0, 0.05) is 16.2 Å². The van der Waals surface area contributed by atoms with E-state index in [1.165, 1.54) is 6.42 Å². The van der Waals surface area contributed by atoms with Gasteiger partial charge in [0.05, 0.1) is 5.92 Å². The van der Waals surface area contributed by atoms with E-state index in [0.29, 0.717) is 0 Å². The summed E-state index contributed by atoms with van der Waals surface area (Å²) in [6.07, 6.45) is 5.29. The molecule has 1 aliphatic carbocycles. The van der Waals surface area contributed by atoms with Gasteiger partial charge in [0.1, 0.15) is 0 Å². The number of carbonyl (C=O) groups is 1. The van der Waals surface area contributed by atoms with E-state index in [9.17, 15) is 4.79 Å². The summed E-state index contributed by atoms with van der Waals surface area (Å²) in [7, 11) is 0. The van der Waals surface area contributed by atoms with Crippen LogP contribution in [0.25, 0.3) is 0 Å². The highest BCUT2D eigenvalue weighted by Gasteiger charge is 2.27. The van der Waals surface area contributed by atoms with E-state index in [2.05, 4.69) is 21.2 Å². The van der Waals surface area contributed by atoms with Crippen LogP contribution in [0.1, 0.15) is 37.7 Å². The fourth-order valence-corrected chi connectivity index (χ4v) is 3.13. The smallest absolute Gasteiger partial charge is 0.229 e. The van der Waals surface area contributed by atoms with E-state index < -0.39 is 0 Å². The molecule has 2 unspecified atom stereocenters. The molecular weight excluding hydrogens is 304 g/mol. The average molecular weight is 325 g/mol. The summed E-state index contributed by atoms with van der Waals surface area (Å²) < 4.78 is 1.02. The van der Waals surface area contributed by atoms with Gasteiger partial charge in [-0.15, -0.1) is 0 Å². The number of amides is 1. The minimum absolute atomic E-state index is 0.00162. The molecular formula is C15H21BrN2O. The van der Waals surface area contributed by atoms with E-state index in [1.54, 1.807) is 0 Å². The number of rotatable bonds is 2. The lowest BCUT2D eigenvalue weighted by molar-refractivity contribution is -0.120. The Morgan fingerprint density at radius 2 is 2.05 bits per heavy atom. The predicted molar refractivity (Wildman–Crippen MR) is 82.1 cm³/mol. The summed E-state index contributed by atoms with van der Waals surface area (Å²) in [4.78, 5) is 12.4. The summed E-state index contributed by atoms with van der Waals surface area (Å²) in [6, 6.07) is 5.87. The van der Waals surface area contributed by atoms with Crippen molar-refractivity contribution in [1.82, 2.24) is 0 Å². The van der Waals surface area contributed by atoms with Gasteiger partial charge < -0.3 is 11.1 Å². The van der Waals surface area contributed by atoms with Gasteiger partial charge in [-0.3, -0.25) is 4.79 Å². The lowest BCUT2D eigenvalue weighted by Gasteiger charge is -2.21. The largest absolute Gasteiger partial charge is 0.327 e. The number of halogens is 1. The molecule has 1 aromatic carbocycles. The molecule has 19 heavy (non-hydrogen) atoms. The first kappa shape index (κ1) is 14.5. The Labute approximate surface area is 123 Å². The van der Waals surface area contributed by atoms with Crippen molar-refractivity contribution in [3.05, 3.63) is 28.2 Å². The van der Waals surface area contributed by atoms with Gasteiger partial charge in [0.25, 0.3) is 0 Å². The highest BCUT2D eigenvalue weighted by Crippen LogP contribution is 2.25. The van der Waals surface area contributed by atoms with E-state index in [0.717, 1.165) is 41.4 Å². The molecule has 0 radical (unpaired) electrons. The van der Waals surface area contributed by atoms with Gasteiger partial charge in [-0.25, -0.2) is 0 Å². The Morgan fingerprint density at radius 3 is 2.79 bits per heavy atom. The molecule has 0 heterocycles. The van der Waals surface area contributed by atoms with Crippen LogP contribution >= 0.6 is 15.9 Å². The van der Waals surface area contributed by atoms with Crippen LogP contribution in [0, 0.1) is 12.8 Å². The first-order valence-corrected chi connectivity index (χ1v) is 7.70. The number of anilines is 1. The van der Waals surface area contributed by atoms with Crippen molar-refractivity contribution in [3.8, 4) is 0 Å². The molecule has 1 amide bonds. The minimum atomic E-state index is -0.0504. The third-order valence-corrected chi connectivity index (χ3v) is 4.35. The Morgan fingerprint density at radius 1 is 1.32 bits per heavy atom. The summed E-state index contributed by atoms with van der Waals surface area (Å²) in [5.74, 6) is 0.0189. The first-order chi connectivity index (χ1) is 9.08. The molecule has 4 heteroatoms. The Hall–Kier alpha value is -0.870. The molecule has 1 aliphatic rings. The third kappa shape index (κ3) is 3.80. The van der Waals surface area contributed by atoms with Crippen LogP contribution in [0.4, 0.5) is 5.69 Å². The molecule has 0 saturated heterocycles. The lowest BCUT2D eigenvalue weighted by Crippen LogP contribution is -2.37. The van der Waals surface area contributed by atoms with Crippen LogP contribution in [0.3, 0.4) is 0 Å².